The number of carbonyl (C=O) groups is 4. The number of ether oxygens (including phenoxy) is 1. The lowest BCUT2D eigenvalue weighted by atomic mass is 10.2. The number of rotatable bonds is 3. The van der Waals surface area contributed by atoms with Gasteiger partial charge in [0.05, 0.1) is 25.6 Å². The molecule has 0 radical (unpaired) electrons. The number of carbonyl (C=O) groups excluding carboxylic acids is 4. The summed E-state index contributed by atoms with van der Waals surface area (Å²) in [5, 5.41) is 4.41. The SMILES string of the molecule is COc1ccc(N2C(=O)CC(N=C3CC(=O)NC(=O)N3)C2=O)cc1. The molecular formula is C15H14N4O5. The maximum absolute atomic E-state index is 12.5. The topological polar surface area (TPSA) is 117 Å². The lowest BCUT2D eigenvalue weighted by molar-refractivity contribution is -0.122. The summed E-state index contributed by atoms with van der Waals surface area (Å²) in [4.78, 5) is 52.3. The second-order valence-corrected chi connectivity index (χ2v) is 5.24. The number of hydrogen-bond donors (Lipinski definition) is 2. The molecule has 2 heterocycles. The molecule has 5 amide bonds. The number of methoxy groups -OCH3 is 1. The minimum absolute atomic E-state index is 0.0754. The highest BCUT2D eigenvalue weighted by Gasteiger charge is 2.40. The number of urea groups is 1. The third-order valence-corrected chi connectivity index (χ3v) is 3.60. The summed E-state index contributed by atoms with van der Waals surface area (Å²) >= 11 is 0. The second kappa shape index (κ2) is 6.11. The first-order chi connectivity index (χ1) is 11.5. The van der Waals surface area contributed by atoms with Gasteiger partial charge >= 0.3 is 6.03 Å². The lowest BCUT2D eigenvalue weighted by Gasteiger charge is -2.17. The molecule has 9 heteroatoms. The number of hydrogen-bond acceptors (Lipinski definition) is 6. The molecule has 0 aliphatic carbocycles. The zero-order valence-corrected chi connectivity index (χ0v) is 12.7. The first-order valence-corrected chi connectivity index (χ1v) is 7.16. The molecule has 24 heavy (non-hydrogen) atoms. The maximum Gasteiger partial charge on any atom is 0.326 e. The smallest absolute Gasteiger partial charge is 0.326 e. The van der Waals surface area contributed by atoms with E-state index in [0.29, 0.717) is 11.4 Å². The summed E-state index contributed by atoms with van der Waals surface area (Å²) < 4.78 is 5.04. The molecule has 3 rings (SSSR count). The summed E-state index contributed by atoms with van der Waals surface area (Å²) in [5.74, 6) is -0.734. The normalized spacial score (nSPS) is 22.6. The van der Waals surface area contributed by atoms with E-state index in [1.54, 1.807) is 24.3 Å². The maximum atomic E-state index is 12.5. The van der Waals surface area contributed by atoms with Crippen LogP contribution in [0.15, 0.2) is 29.3 Å². The molecule has 0 spiro atoms. The number of benzene rings is 1. The zero-order valence-electron chi connectivity index (χ0n) is 12.7. The molecule has 0 bridgehead atoms. The zero-order chi connectivity index (χ0) is 17.3. The van der Waals surface area contributed by atoms with E-state index in [1.807, 2.05) is 0 Å². The van der Waals surface area contributed by atoms with Crippen molar-refractivity contribution in [3.63, 3.8) is 0 Å². The Morgan fingerprint density at radius 2 is 1.83 bits per heavy atom. The van der Waals surface area contributed by atoms with Crippen molar-refractivity contribution in [2.75, 3.05) is 12.0 Å². The van der Waals surface area contributed by atoms with Crippen LogP contribution in [0, 0.1) is 0 Å². The molecule has 2 fully saturated rings. The van der Waals surface area contributed by atoms with Crippen molar-refractivity contribution < 1.29 is 23.9 Å². The van der Waals surface area contributed by atoms with E-state index >= 15 is 0 Å². The average Bonchev–Trinajstić information content (AvgIpc) is 2.80. The second-order valence-electron chi connectivity index (χ2n) is 5.24. The predicted octanol–water partition coefficient (Wildman–Crippen LogP) is -0.0449. The fourth-order valence-electron chi connectivity index (χ4n) is 2.51. The number of nitrogens with one attached hydrogen (secondary N) is 2. The third kappa shape index (κ3) is 2.96. The third-order valence-electron chi connectivity index (χ3n) is 3.60. The molecule has 1 aromatic rings. The summed E-state index contributed by atoms with van der Waals surface area (Å²) in [6, 6.07) is 4.82. The van der Waals surface area contributed by atoms with Crippen molar-refractivity contribution in [1.29, 1.82) is 0 Å². The van der Waals surface area contributed by atoms with Crippen molar-refractivity contribution in [3.05, 3.63) is 24.3 Å². The molecule has 9 nitrogen and oxygen atoms in total. The van der Waals surface area contributed by atoms with Crippen molar-refractivity contribution in [2.24, 2.45) is 4.99 Å². The Morgan fingerprint density at radius 3 is 2.46 bits per heavy atom. The molecule has 1 atom stereocenters. The molecule has 124 valence electrons. The highest BCUT2D eigenvalue weighted by molar-refractivity contribution is 6.23. The van der Waals surface area contributed by atoms with Crippen LogP contribution in [-0.2, 0) is 14.4 Å². The number of amides is 5. The highest BCUT2D eigenvalue weighted by atomic mass is 16.5. The molecular weight excluding hydrogens is 316 g/mol. The van der Waals surface area contributed by atoms with Crippen LogP contribution in [0.4, 0.5) is 10.5 Å². The standard InChI is InChI=1S/C15H14N4O5/c1-24-9-4-2-8(3-5-9)19-13(21)6-10(14(19)22)16-11-7-12(20)18-15(23)17-11/h2-5,10H,6-7H2,1H3,(H2,16,17,18,20,23). The number of nitrogens with zero attached hydrogens (tertiary/aromatic N) is 2. The van der Waals surface area contributed by atoms with Gasteiger partial charge in [0, 0.05) is 0 Å². The molecule has 0 aromatic heterocycles. The Labute approximate surface area is 136 Å². The Morgan fingerprint density at radius 1 is 1.12 bits per heavy atom. The van der Waals surface area contributed by atoms with Crippen LogP contribution in [0.2, 0.25) is 0 Å². The van der Waals surface area contributed by atoms with E-state index in [4.69, 9.17) is 4.74 Å². The van der Waals surface area contributed by atoms with Gasteiger partial charge < -0.3 is 4.74 Å². The molecule has 1 aromatic carbocycles. The van der Waals surface area contributed by atoms with Crippen molar-refractivity contribution in [1.82, 2.24) is 10.6 Å². The molecule has 2 aliphatic heterocycles. The monoisotopic (exact) mass is 330 g/mol. The molecule has 0 saturated carbocycles. The summed E-state index contributed by atoms with van der Waals surface area (Å²) in [6.07, 6.45) is -0.266. The van der Waals surface area contributed by atoms with Crippen molar-refractivity contribution >= 4 is 35.3 Å². The van der Waals surface area contributed by atoms with E-state index in [1.165, 1.54) is 7.11 Å². The number of amidine groups is 1. The van der Waals surface area contributed by atoms with E-state index in [9.17, 15) is 19.2 Å². The van der Waals surface area contributed by atoms with Crippen LogP contribution in [0.25, 0.3) is 0 Å². The Bertz CT molecular complexity index is 738. The number of imide groups is 2. The van der Waals surface area contributed by atoms with Crippen LogP contribution in [0.3, 0.4) is 0 Å². The predicted molar refractivity (Wildman–Crippen MR) is 82.6 cm³/mol. The van der Waals surface area contributed by atoms with Crippen molar-refractivity contribution in [3.8, 4) is 5.75 Å². The first-order valence-electron chi connectivity index (χ1n) is 7.16. The van der Waals surface area contributed by atoms with Gasteiger partial charge in [-0.1, -0.05) is 0 Å². The quantitative estimate of drug-likeness (QED) is 0.754. The summed E-state index contributed by atoms with van der Waals surface area (Å²) in [5.41, 5.74) is 0.416. The van der Waals surface area contributed by atoms with Crippen LogP contribution in [-0.4, -0.2) is 42.7 Å². The van der Waals surface area contributed by atoms with Gasteiger partial charge in [-0.2, -0.15) is 0 Å². The fraction of sp³-hybridized carbons (Fsp3) is 0.267. The number of aliphatic imine (C=N–C) groups is 1. The van der Waals surface area contributed by atoms with Crippen LogP contribution < -0.4 is 20.3 Å². The highest BCUT2D eigenvalue weighted by Crippen LogP contribution is 2.26. The first kappa shape index (κ1) is 15.7. The molecule has 2 N–H and O–H groups in total. The van der Waals surface area contributed by atoms with Crippen LogP contribution >= 0.6 is 0 Å². The van der Waals surface area contributed by atoms with Gasteiger partial charge in [-0.3, -0.25) is 30.0 Å². The Kier molecular flexibility index (Phi) is 3.98. The molecule has 1 unspecified atom stereocenters. The van der Waals surface area contributed by atoms with E-state index in [-0.39, 0.29) is 18.7 Å². The molecule has 2 saturated heterocycles. The van der Waals surface area contributed by atoms with Crippen LogP contribution in [0.1, 0.15) is 12.8 Å². The molecule has 2 aliphatic rings. The summed E-state index contributed by atoms with van der Waals surface area (Å²) in [7, 11) is 1.52. The fourth-order valence-corrected chi connectivity index (χ4v) is 2.51. The largest absolute Gasteiger partial charge is 0.497 e. The minimum atomic E-state index is -0.958. The van der Waals surface area contributed by atoms with Gasteiger partial charge in [0.25, 0.3) is 5.91 Å². The Balaban J connectivity index is 1.80. The average molecular weight is 330 g/mol. The summed E-state index contributed by atoms with van der Waals surface area (Å²) in [6.45, 7) is 0. The van der Waals surface area contributed by atoms with Gasteiger partial charge in [-0.05, 0) is 24.3 Å². The van der Waals surface area contributed by atoms with Gasteiger partial charge in [0.1, 0.15) is 17.6 Å². The van der Waals surface area contributed by atoms with Gasteiger partial charge in [0.2, 0.25) is 11.8 Å². The minimum Gasteiger partial charge on any atom is -0.497 e. The van der Waals surface area contributed by atoms with Crippen LogP contribution in [0.5, 0.6) is 5.75 Å². The van der Waals surface area contributed by atoms with E-state index in [2.05, 4.69) is 15.6 Å². The Hall–Kier alpha value is -3.23. The number of anilines is 1. The van der Waals surface area contributed by atoms with E-state index < -0.39 is 29.8 Å². The van der Waals surface area contributed by atoms with Gasteiger partial charge in [-0.15, -0.1) is 0 Å². The van der Waals surface area contributed by atoms with Gasteiger partial charge in [0.15, 0.2) is 0 Å². The van der Waals surface area contributed by atoms with Crippen molar-refractivity contribution in [2.45, 2.75) is 18.9 Å². The van der Waals surface area contributed by atoms with E-state index in [0.717, 1.165) is 4.90 Å². The lowest BCUT2D eigenvalue weighted by Crippen LogP contribution is -2.50. The van der Waals surface area contributed by atoms with Gasteiger partial charge in [-0.25, -0.2) is 9.69 Å².